The molecule has 0 unspecified atom stereocenters. The largest absolute Gasteiger partial charge is 0.440 e. The van der Waals surface area contributed by atoms with E-state index in [1.807, 2.05) is 5.32 Å². The minimum absolute atomic E-state index is 0.0559. The summed E-state index contributed by atoms with van der Waals surface area (Å²) in [7, 11) is 0. The minimum atomic E-state index is -4.62. The number of carbonyl (C=O) groups is 1. The maximum atomic E-state index is 12.8. The molecule has 1 amide bonds. The van der Waals surface area contributed by atoms with Gasteiger partial charge in [0.25, 0.3) is 0 Å². The molecule has 1 N–H and O–H groups in total. The summed E-state index contributed by atoms with van der Waals surface area (Å²) in [5.74, 6) is -1.36. The molecule has 0 bridgehead atoms. The van der Waals surface area contributed by atoms with Crippen LogP contribution in [0, 0.1) is 5.82 Å². The number of hydrogen-bond acceptors (Lipinski definition) is 5. The summed E-state index contributed by atoms with van der Waals surface area (Å²) in [4.78, 5) is 22.6. The maximum Gasteiger partial charge on any atom is 0.437 e. The van der Waals surface area contributed by atoms with E-state index in [-0.39, 0.29) is 19.0 Å². The Morgan fingerprint density at radius 3 is 2.58 bits per heavy atom. The molecule has 24 heavy (non-hydrogen) atoms. The van der Waals surface area contributed by atoms with Crippen LogP contribution >= 0.6 is 0 Å². The molecule has 0 saturated carbocycles. The highest BCUT2D eigenvalue weighted by Crippen LogP contribution is 2.15. The topological polar surface area (TPSA) is 86.4 Å². The molecule has 1 heterocycles. The molecule has 0 fully saturated rings. The Balaban J connectivity index is 1.89. The van der Waals surface area contributed by atoms with Gasteiger partial charge in [-0.15, -0.1) is 5.10 Å². The van der Waals surface area contributed by atoms with Gasteiger partial charge in [0.1, 0.15) is 5.82 Å². The van der Waals surface area contributed by atoms with Crippen molar-refractivity contribution in [2.24, 2.45) is 0 Å². The van der Waals surface area contributed by atoms with E-state index in [1.54, 1.807) is 0 Å². The Hall–Kier alpha value is -2.85. The van der Waals surface area contributed by atoms with Crippen LogP contribution in [0.1, 0.15) is 0 Å². The normalized spacial score (nSPS) is 11.3. The number of nitrogens with zero attached hydrogens (tertiary/aromatic N) is 2. The SMILES string of the molecule is O=C(NCCn1nc(-c2ccc(F)cc2)oc1=O)OCC(F)(F)F. The molecule has 7 nitrogen and oxygen atoms in total. The third kappa shape index (κ3) is 5.11. The van der Waals surface area contributed by atoms with Gasteiger partial charge in [0.2, 0.25) is 5.89 Å². The molecule has 0 saturated heterocycles. The van der Waals surface area contributed by atoms with Crippen LogP contribution in [-0.4, -0.2) is 35.2 Å². The van der Waals surface area contributed by atoms with Crippen LogP contribution in [0.3, 0.4) is 0 Å². The van der Waals surface area contributed by atoms with E-state index in [0.29, 0.717) is 5.56 Å². The highest BCUT2D eigenvalue weighted by molar-refractivity contribution is 5.67. The number of rotatable bonds is 5. The molecule has 2 aromatic rings. The van der Waals surface area contributed by atoms with Crippen molar-refractivity contribution in [3.05, 3.63) is 40.6 Å². The van der Waals surface area contributed by atoms with Gasteiger partial charge in [0, 0.05) is 12.1 Å². The van der Waals surface area contributed by atoms with Crippen LogP contribution in [0.4, 0.5) is 22.4 Å². The quantitative estimate of drug-likeness (QED) is 0.834. The van der Waals surface area contributed by atoms with Crippen molar-refractivity contribution < 1.29 is 31.5 Å². The summed E-state index contributed by atoms with van der Waals surface area (Å²) in [5.41, 5.74) is 0.366. The van der Waals surface area contributed by atoms with Gasteiger partial charge >= 0.3 is 18.0 Å². The van der Waals surface area contributed by atoms with E-state index >= 15 is 0 Å². The second-order valence-corrected chi connectivity index (χ2v) is 4.52. The average molecular weight is 349 g/mol. The average Bonchev–Trinajstić information content (AvgIpc) is 2.86. The molecule has 1 aromatic carbocycles. The lowest BCUT2D eigenvalue weighted by atomic mass is 10.2. The summed E-state index contributed by atoms with van der Waals surface area (Å²) in [6, 6.07) is 5.04. The summed E-state index contributed by atoms with van der Waals surface area (Å²) in [6.07, 6.45) is -5.90. The maximum absolute atomic E-state index is 12.8. The standard InChI is InChI=1S/C13H11F4N3O4/c14-9-3-1-8(2-4-9)10-19-20(12(22)24-10)6-5-18-11(21)23-7-13(15,16)17/h1-4H,5-7H2,(H,18,21). The van der Waals surface area contributed by atoms with Gasteiger partial charge in [-0.25, -0.2) is 14.0 Å². The van der Waals surface area contributed by atoms with E-state index in [0.717, 1.165) is 16.8 Å². The van der Waals surface area contributed by atoms with Crippen molar-refractivity contribution >= 4 is 6.09 Å². The Bertz CT molecular complexity index is 752. The fraction of sp³-hybridized carbons (Fsp3) is 0.308. The highest BCUT2D eigenvalue weighted by atomic mass is 19.4. The van der Waals surface area contributed by atoms with E-state index in [2.05, 4.69) is 9.84 Å². The molecule has 130 valence electrons. The fourth-order valence-electron chi connectivity index (χ4n) is 1.62. The summed E-state index contributed by atoms with van der Waals surface area (Å²) >= 11 is 0. The number of ether oxygens (including phenoxy) is 1. The lowest BCUT2D eigenvalue weighted by Gasteiger charge is -2.08. The predicted molar refractivity (Wildman–Crippen MR) is 71.6 cm³/mol. The number of halogens is 4. The number of alkyl halides is 3. The number of hydrogen-bond donors (Lipinski definition) is 1. The van der Waals surface area contributed by atoms with Crippen molar-refractivity contribution in [2.45, 2.75) is 12.7 Å². The van der Waals surface area contributed by atoms with Crippen molar-refractivity contribution in [1.82, 2.24) is 15.1 Å². The monoisotopic (exact) mass is 349 g/mol. The van der Waals surface area contributed by atoms with Crippen LogP contribution in [0.2, 0.25) is 0 Å². The molecule has 1 aromatic heterocycles. The first kappa shape index (κ1) is 17.5. The molecule has 0 radical (unpaired) electrons. The summed E-state index contributed by atoms with van der Waals surface area (Å²) in [6.45, 7) is -2.06. The molecule has 0 spiro atoms. The molecule has 2 rings (SSSR count). The summed E-state index contributed by atoms with van der Waals surface area (Å²) in [5, 5.41) is 5.87. The Morgan fingerprint density at radius 2 is 1.96 bits per heavy atom. The first-order valence-corrected chi connectivity index (χ1v) is 6.56. The van der Waals surface area contributed by atoms with Gasteiger partial charge in [-0.3, -0.25) is 0 Å². The van der Waals surface area contributed by atoms with Gasteiger partial charge in [0.05, 0.1) is 6.54 Å². The van der Waals surface area contributed by atoms with Crippen LogP contribution in [0.15, 0.2) is 33.5 Å². The molecule has 0 atom stereocenters. The number of nitrogens with one attached hydrogen (secondary N) is 1. The predicted octanol–water partition coefficient (Wildman–Crippen LogP) is 1.93. The summed E-state index contributed by atoms with van der Waals surface area (Å²) < 4.78 is 58.0. The molecular weight excluding hydrogens is 338 g/mol. The lowest BCUT2D eigenvalue weighted by Crippen LogP contribution is -2.32. The Kier molecular flexibility index (Phi) is 5.21. The van der Waals surface area contributed by atoms with Gasteiger partial charge in [-0.05, 0) is 24.3 Å². The zero-order chi connectivity index (χ0) is 17.7. The third-order valence-corrected chi connectivity index (χ3v) is 2.66. The smallest absolute Gasteiger partial charge is 0.437 e. The Labute approximate surface area is 131 Å². The zero-order valence-electron chi connectivity index (χ0n) is 12.0. The number of carbonyl (C=O) groups excluding carboxylic acids is 1. The highest BCUT2D eigenvalue weighted by Gasteiger charge is 2.29. The molecule has 0 aliphatic carbocycles. The molecule has 0 aliphatic rings. The van der Waals surface area contributed by atoms with Crippen LogP contribution in [0.25, 0.3) is 11.5 Å². The first-order valence-electron chi connectivity index (χ1n) is 6.56. The van der Waals surface area contributed by atoms with Crippen molar-refractivity contribution in [2.75, 3.05) is 13.2 Å². The third-order valence-electron chi connectivity index (χ3n) is 2.66. The van der Waals surface area contributed by atoms with Crippen LogP contribution < -0.4 is 11.1 Å². The van der Waals surface area contributed by atoms with Crippen molar-refractivity contribution in [3.8, 4) is 11.5 Å². The second kappa shape index (κ2) is 7.15. The van der Waals surface area contributed by atoms with E-state index in [4.69, 9.17) is 4.42 Å². The van der Waals surface area contributed by atoms with E-state index < -0.39 is 30.4 Å². The van der Waals surface area contributed by atoms with E-state index in [9.17, 15) is 27.2 Å². The number of benzene rings is 1. The van der Waals surface area contributed by atoms with Gasteiger partial charge in [0.15, 0.2) is 6.61 Å². The molecule has 0 aliphatic heterocycles. The van der Waals surface area contributed by atoms with Gasteiger partial charge in [-0.2, -0.15) is 17.9 Å². The number of amides is 1. The lowest BCUT2D eigenvalue weighted by molar-refractivity contribution is -0.160. The zero-order valence-corrected chi connectivity index (χ0v) is 12.0. The second-order valence-electron chi connectivity index (χ2n) is 4.52. The van der Waals surface area contributed by atoms with E-state index in [1.165, 1.54) is 12.1 Å². The molecule has 11 heteroatoms. The Morgan fingerprint density at radius 1 is 1.29 bits per heavy atom. The van der Waals surface area contributed by atoms with Crippen molar-refractivity contribution in [1.29, 1.82) is 0 Å². The first-order chi connectivity index (χ1) is 11.2. The molecular formula is C13H11F4N3O4. The fourth-order valence-corrected chi connectivity index (χ4v) is 1.62. The number of aromatic nitrogens is 2. The van der Waals surface area contributed by atoms with Crippen LogP contribution in [0.5, 0.6) is 0 Å². The van der Waals surface area contributed by atoms with Crippen molar-refractivity contribution in [3.63, 3.8) is 0 Å². The number of alkyl carbamates (subject to hydrolysis) is 1. The van der Waals surface area contributed by atoms with Gasteiger partial charge < -0.3 is 14.5 Å². The minimum Gasteiger partial charge on any atom is -0.440 e. The van der Waals surface area contributed by atoms with Crippen LogP contribution in [-0.2, 0) is 11.3 Å². The van der Waals surface area contributed by atoms with Gasteiger partial charge in [-0.1, -0.05) is 0 Å².